The maximum atomic E-state index is 13.6. The van der Waals surface area contributed by atoms with Crippen LogP contribution >= 0.6 is 11.3 Å². The first-order chi connectivity index (χ1) is 14.7. The minimum Gasteiger partial charge on any atom is -0.345 e. The number of aromatic nitrogens is 4. The number of para-hydroxylation sites is 2. The summed E-state index contributed by atoms with van der Waals surface area (Å²) in [5.41, 5.74) is 2.57. The molecule has 0 aliphatic rings. The first-order valence-electron chi connectivity index (χ1n) is 9.65. The summed E-state index contributed by atoms with van der Waals surface area (Å²) in [6.45, 7) is 1.59. The van der Waals surface area contributed by atoms with Crippen molar-refractivity contribution in [3.63, 3.8) is 0 Å². The number of hydrogen-bond donors (Lipinski definition) is 3. The average Bonchev–Trinajstić information content (AvgIpc) is 3.39. The van der Waals surface area contributed by atoms with Crippen LogP contribution in [0, 0.1) is 5.82 Å². The first kappa shape index (κ1) is 20.1. The molecule has 9 heteroatoms. The molecule has 1 aromatic carbocycles. The van der Waals surface area contributed by atoms with Crippen LogP contribution in [0.5, 0.6) is 0 Å². The predicted octanol–water partition coefficient (Wildman–Crippen LogP) is 2.86. The molecule has 0 bridgehead atoms. The summed E-state index contributed by atoms with van der Waals surface area (Å²) in [6, 6.07) is 10.8. The lowest BCUT2D eigenvalue weighted by molar-refractivity contribution is 0.0945. The van der Waals surface area contributed by atoms with E-state index in [1.54, 1.807) is 5.38 Å². The topological polar surface area (TPSA) is 95.6 Å². The Morgan fingerprint density at radius 1 is 1.10 bits per heavy atom. The van der Waals surface area contributed by atoms with Gasteiger partial charge in [0.05, 0.1) is 28.3 Å². The van der Waals surface area contributed by atoms with Crippen molar-refractivity contribution in [2.45, 2.75) is 19.4 Å². The molecule has 3 N–H and O–H groups in total. The molecule has 30 heavy (non-hydrogen) atoms. The number of fused-ring (bicyclic) bond motifs is 1. The number of H-pyrrole nitrogens is 1. The van der Waals surface area contributed by atoms with Gasteiger partial charge in [-0.2, -0.15) is 0 Å². The minimum atomic E-state index is -0.439. The lowest BCUT2D eigenvalue weighted by Crippen LogP contribution is -2.24. The van der Waals surface area contributed by atoms with Gasteiger partial charge in [-0.15, -0.1) is 11.3 Å². The third-order valence-corrected chi connectivity index (χ3v) is 5.44. The molecule has 0 saturated heterocycles. The summed E-state index contributed by atoms with van der Waals surface area (Å²) in [6.07, 6.45) is 3.03. The van der Waals surface area contributed by atoms with E-state index >= 15 is 0 Å². The van der Waals surface area contributed by atoms with Crippen LogP contribution in [0.2, 0.25) is 0 Å². The van der Waals surface area contributed by atoms with Crippen LogP contribution in [0.1, 0.15) is 27.0 Å². The molecule has 0 radical (unpaired) electrons. The zero-order valence-corrected chi connectivity index (χ0v) is 17.0. The van der Waals surface area contributed by atoms with Gasteiger partial charge in [0.25, 0.3) is 5.91 Å². The van der Waals surface area contributed by atoms with Crippen molar-refractivity contribution >= 4 is 28.3 Å². The van der Waals surface area contributed by atoms with Gasteiger partial charge >= 0.3 is 0 Å². The average molecular weight is 425 g/mol. The Kier molecular flexibility index (Phi) is 6.41. The Morgan fingerprint density at radius 3 is 2.83 bits per heavy atom. The highest BCUT2D eigenvalue weighted by Gasteiger charge is 2.12. The molecule has 154 valence electrons. The Balaban J connectivity index is 1.19. The molecule has 4 aromatic rings. The Hall–Kier alpha value is -3.17. The molecular formula is C21H21FN6OS. The van der Waals surface area contributed by atoms with Crippen molar-refractivity contribution < 1.29 is 9.18 Å². The minimum absolute atomic E-state index is 0.0295. The molecule has 0 spiro atoms. The number of amides is 1. The molecule has 0 atom stereocenters. The van der Waals surface area contributed by atoms with Crippen LogP contribution in [0.3, 0.4) is 0 Å². The summed E-state index contributed by atoms with van der Waals surface area (Å²) in [7, 11) is 0. The second kappa shape index (κ2) is 9.55. The molecule has 0 fully saturated rings. The van der Waals surface area contributed by atoms with Gasteiger partial charge in [-0.1, -0.05) is 12.1 Å². The number of nitrogens with zero attached hydrogens (tertiary/aromatic N) is 3. The SMILES string of the molecule is O=C(NCc1ncccc1F)c1csc(CCNCCc2nc3ccccc3[nH]2)n1. The van der Waals surface area contributed by atoms with E-state index in [1.165, 1.54) is 29.7 Å². The summed E-state index contributed by atoms with van der Waals surface area (Å²) in [5, 5.41) is 8.62. The van der Waals surface area contributed by atoms with Gasteiger partial charge in [-0.05, 0) is 24.3 Å². The van der Waals surface area contributed by atoms with E-state index in [2.05, 4.69) is 30.6 Å². The molecule has 7 nitrogen and oxygen atoms in total. The lowest BCUT2D eigenvalue weighted by atomic mass is 10.3. The smallest absolute Gasteiger partial charge is 0.271 e. The number of rotatable bonds is 9. The van der Waals surface area contributed by atoms with E-state index in [-0.39, 0.29) is 18.1 Å². The number of pyridine rings is 1. The van der Waals surface area contributed by atoms with Crippen LogP contribution in [-0.2, 0) is 19.4 Å². The summed E-state index contributed by atoms with van der Waals surface area (Å²) in [5.74, 6) is 0.187. The normalized spacial score (nSPS) is 11.1. The van der Waals surface area contributed by atoms with Crippen molar-refractivity contribution in [1.82, 2.24) is 30.6 Å². The largest absolute Gasteiger partial charge is 0.345 e. The van der Waals surface area contributed by atoms with Crippen LogP contribution in [0.4, 0.5) is 4.39 Å². The molecular weight excluding hydrogens is 403 g/mol. The quantitative estimate of drug-likeness (QED) is 0.359. The van der Waals surface area contributed by atoms with Crippen molar-refractivity contribution in [2.24, 2.45) is 0 Å². The van der Waals surface area contributed by atoms with Gasteiger partial charge in [-0.3, -0.25) is 9.78 Å². The highest BCUT2D eigenvalue weighted by Crippen LogP contribution is 2.12. The second-order valence-electron chi connectivity index (χ2n) is 6.69. The third kappa shape index (κ3) is 5.05. The number of halogens is 1. The van der Waals surface area contributed by atoms with E-state index in [1.807, 2.05) is 24.3 Å². The van der Waals surface area contributed by atoms with E-state index in [4.69, 9.17) is 0 Å². The maximum Gasteiger partial charge on any atom is 0.271 e. The number of aromatic amines is 1. The standard InChI is InChI=1S/C21H21FN6OS/c22-14-4-3-9-24-17(14)12-25-21(29)18-13-30-20(28-18)8-11-23-10-7-19-26-15-5-1-2-6-16(15)27-19/h1-6,9,13,23H,7-8,10-12H2,(H,25,29)(H,26,27). The number of nitrogens with one attached hydrogen (secondary N) is 3. The molecule has 1 amide bonds. The number of carbonyl (C=O) groups excluding carboxylic acids is 1. The summed E-state index contributed by atoms with van der Waals surface area (Å²) in [4.78, 5) is 28.4. The molecule has 3 heterocycles. The highest BCUT2D eigenvalue weighted by molar-refractivity contribution is 7.09. The van der Waals surface area contributed by atoms with Crippen LogP contribution in [0.15, 0.2) is 48.0 Å². The lowest BCUT2D eigenvalue weighted by Gasteiger charge is -2.03. The van der Waals surface area contributed by atoms with Crippen LogP contribution in [0.25, 0.3) is 11.0 Å². The van der Waals surface area contributed by atoms with Gasteiger partial charge in [0.1, 0.15) is 17.3 Å². The number of thiazole rings is 1. The van der Waals surface area contributed by atoms with Crippen molar-refractivity contribution in [3.05, 3.63) is 76.0 Å². The van der Waals surface area contributed by atoms with Gasteiger partial charge in [-0.25, -0.2) is 14.4 Å². The zero-order chi connectivity index (χ0) is 20.8. The monoisotopic (exact) mass is 424 g/mol. The van der Waals surface area contributed by atoms with Gasteiger partial charge in [0.2, 0.25) is 0 Å². The fraction of sp³-hybridized carbons (Fsp3) is 0.238. The fourth-order valence-corrected chi connectivity index (χ4v) is 3.76. The zero-order valence-electron chi connectivity index (χ0n) is 16.2. The Labute approximate surface area is 176 Å². The molecule has 0 saturated carbocycles. The van der Waals surface area contributed by atoms with E-state index in [0.717, 1.165) is 47.8 Å². The van der Waals surface area contributed by atoms with E-state index in [9.17, 15) is 9.18 Å². The second-order valence-corrected chi connectivity index (χ2v) is 7.63. The first-order valence-corrected chi connectivity index (χ1v) is 10.5. The number of imidazole rings is 1. The van der Waals surface area contributed by atoms with Crippen LogP contribution in [-0.4, -0.2) is 38.9 Å². The van der Waals surface area contributed by atoms with Crippen molar-refractivity contribution in [1.29, 1.82) is 0 Å². The maximum absolute atomic E-state index is 13.6. The Bertz CT molecular complexity index is 1110. The molecule has 0 aliphatic heterocycles. The molecule has 3 aromatic heterocycles. The fourth-order valence-electron chi connectivity index (χ4n) is 2.98. The number of hydrogen-bond acceptors (Lipinski definition) is 6. The molecule has 0 aliphatic carbocycles. The van der Waals surface area contributed by atoms with Crippen molar-refractivity contribution in [2.75, 3.05) is 13.1 Å². The van der Waals surface area contributed by atoms with Gasteiger partial charge in [0, 0.05) is 37.5 Å². The third-order valence-electron chi connectivity index (χ3n) is 4.53. The number of benzene rings is 1. The molecule has 4 rings (SSSR count). The number of carbonyl (C=O) groups is 1. The molecule has 0 unspecified atom stereocenters. The van der Waals surface area contributed by atoms with Crippen LogP contribution < -0.4 is 10.6 Å². The van der Waals surface area contributed by atoms with E-state index in [0.29, 0.717) is 5.69 Å². The Morgan fingerprint density at radius 2 is 1.97 bits per heavy atom. The summed E-state index contributed by atoms with van der Waals surface area (Å²) < 4.78 is 13.6. The predicted molar refractivity (Wildman–Crippen MR) is 114 cm³/mol. The van der Waals surface area contributed by atoms with Gasteiger partial charge < -0.3 is 15.6 Å². The van der Waals surface area contributed by atoms with E-state index < -0.39 is 5.82 Å². The highest BCUT2D eigenvalue weighted by atomic mass is 32.1. The van der Waals surface area contributed by atoms with Crippen molar-refractivity contribution in [3.8, 4) is 0 Å². The summed E-state index contributed by atoms with van der Waals surface area (Å²) >= 11 is 1.44. The van der Waals surface area contributed by atoms with Gasteiger partial charge in [0.15, 0.2) is 0 Å².